The van der Waals surface area contributed by atoms with Crippen LogP contribution in [0.2, 0.25) is 0 Å². The highest BCUT2D eigenvalue weighted by molar-refractivity contribution is 5.67. The average Bonchev–Trinajstić information content (AvgIpc) is 1.93. The maximum atomic E-state index is 10.5. The molecule has 1 aliphatic rings. The quantitative estimate of drug-likeness (QED) is 0.763. The number of hydrogen-bond donors (Lipinski definition) is 2. The number of aliphatic hydroxyl groups excluding tert-OH is 1. The topological polar surface area (TPSA) is 70.0 Å². The summed E-state index contributed by atoms with van der Waals surface area (Å²) in [7, 11) is 0. The molecule has 0 aromatic rings. The van der Waals surface area contributed by atoms with Gasteiger partial charge in [0.1, 0.15) is 0 Å². The lowest BCUT2D eigenvalue weighted by Gasteiger charge is -2.47. The second-order valence-electron chi connectivity index (χ2n) is 6.04. The highest BCUT2D eigenvalue weighted by Crippen LogP contribution is 2.28. The van der Waals surface area contributed by atoms with E-state index in [-0.39, 0.29) is 17.6 Å². The van der Waals surface area contributed by atoms with Crippen molar-refractivity contribution < 1.29 is 19.7 Å². The summed E-state index contributed by atoms with van der Waals surface area (Å²) in [5, 5.41) is 18.3. The molecule has 100 valence electrons. The first-order chi connectivity index (χ1) is 7.60. The highest BCUT2D eigenvalue weighted by atomic mass is 16.5. The molecule has 0 aromatic carbocycles. The SMILES string of the molecule is CC1(C)CN(CC(O)CC(=O)O)CC(C)(C)O1. The van der Waals surface area contributed by atoms with Gasteiger partial charge < -0.3 is 14.9 Å². The Morgan fingerprint density at radius 2 is 1.76 bits per heavy atom. The van der Waals surface area contributed by atoms with Crippen molar-refractivity contribution in [2.45, 2.75) is 51.4 Å². The molecule has 0 bridgehead atoms. The molecule has 5 nitrogen and oxygen atoms in total. The van der Waals surface area contributed by atoms with Gasteiger partial charge in [-0.2, -0.15) is 0 Å². The molecular weight excluding hydrogens is 222 g/mol. The Kier molecular flexibility index (Phi) is 4.17. The maximum Gasteiger partial charge on any atom is 0.306 e. The molecule has 1 saturated heterocycles. The van der Waals surface area contributed by atoms with Gasteiger partial charge >= 0.3 is 5.97 Å². The van der Waals surface area contributed by atoms with Gasteiger partial charge in [-0.05, 0) is 27.7 Å². The van der Waals surface area contributed by atoms with Gasteiger partial charge in [-0.15, -0.1) is 0 Å². The van der Waals surface area contributed by atoms with Gasteiger partial charge in [0.15, 0.2) is 0 Å². The molecule has 0 spiro atoms. The summed E-state index contributed by atoms with van der Waals surface area (Å²) < 4.78 is 5.91. The van der Waals surface area contributed by atoms with E-state index in [2.05, 4.69) is 4.90 Å². The molecule has 1 fully saturated rings. The van der Waals surface area contributed by atoms with Crippen LogP contribution in [0.15, 0.2) is 0 Å². The molecule has 0 amide bonds. The van der Waals surface area contributed by atoms with E-state index in [1.54, 1.807) is 0 Å². The standard InChI is InChI=1S/C12H23NO4/c1-11(2)7-13(8-12(3,4)17-11)6-9(14)5-10(15)16/h9,14H,5-8H2,1-4H3,(H,15,16). The normalized spacial score (nSPS) is 25.5. The van der Waals surface area contributed by atoms with Crippen molar-refractivity contribution in [2.24, 2.45) is 0 Å². The highest BCUT2D eigenvalue weighted by Gasteiger charge is 2.38. The molecule has 0 radical (unpaired) electrons. The van der Waals surface area contributed by atoms with E-state index in [0.29, 0.717) is 19.6 Å². The van der Waals surface area contributed by atoms with Crippen molar-refractivity contribution in [1.29, 1.82) is 0 Å². The Balaban J connectivity index is 2.56. The Morgan fingerprint density at radius 3 is 2.18 bits per heavy atom. The molecule has 1 rings (SSSR count). The number of carboxylic acid groups (broad SMARTS) is 1. The second-order valence-corrected chi connectivity index (χ2v) is 6.04. The molecule has 1 aliphatic heterocycles. The molecule has 5 heteroatoms. The van der Waals surface area contributed by atoms with Crippen LogP contribution >= 0.6 is 0 Å². The van der Waals surface area contributed by atoms with Crippen LogP contribution in [0.3, 0.4) is 0 Å². The van der Waals surface area contributed by atoms with Crippen LogP contribution in [0.5, 0.6) is 0 Å². The fraction of sp³-hybridized carbons (Fsp3) is 0.917. The first-order valence-electron chi connectivity index (χ1n) is 5.92. The fourth-order valence-electron chi connectivity index (χ4n) is 2.64. The summed E-state index contributed by atoms with van der Waals surface area (Å²) in [6, 6.07) is 0. The molecular formula is C12H23NO4. The number of β-amino-alcohol motifs (C(OH)–C–C–N with tert-alkyl or cyclic N) is 1. The minimum atomic E-state index is -0.968. The third-order valence-corrected chi connectivity index (χ3v) is 2.64. The van der Waals surface area contributed by atoms with Crippen LogP contribution in [0.1, 0.15) is 34.1 Å². The van der Waals surface area contributed by atoms with Crippen LogP contribution in [-0.4, -0.2) is 58.0 Å². The number of rotatable bonds is 4. The van der Waals surface area contributed by atoms with Gasteiger partial charge in [-0.1, -0.05) is 0 Å². The summed E-state index contributed by atoms with van der Waals surface area (Å²) in [4.78, 5) is 12.6. The van der Waals surface area contributed by atoms with Gasteiger partial charge in [-0.3, -0.25) is 9.69 Å². The van der Waals surface area contributed by atoms with Crippen molar-refractivity contribution >= 4 is 5.97 Å². The van der Waals surface area contributed by atoms with Crippen molar-refractivity contribution in [3.63, 3.8) is 0 Å². The van der Waals surface area contributed by atoms with E-state index < -0.39 is 12.1 Å². The average molecular weight is 245 g/mol. The third-order valence-electron chi connectivity index (χ3n) is 2.64. The second kappa shape index (κ2) is 4.92. The van der Waals surface area contributed by atoms with Crippen LogP contribution < -0.4 is 0 Å². The van der Waals surface area contributed by atoms with E-state index in [0.717, 1.165) is 0 Å². The molecule has 0 aliphatic carbocycles. The van der Waals surface area contributed by atoms with Gasteiger partial charge in [0, 0.05) is 19.6 Å². The van der Waals surface area contributed by atoms with Crippen LogP contribution in [-0.2, 0) is 9.53 Å². The molecule has 1 heterocycles. The van der Waals surface area contributed by atoms with Crippen LogP contribution in [0, 0.1) is 0 Å². The first kappa shape index (κ1) is 14.4. The summed E-state index contributed by atoms with van der Waals surface area (Å²) in [6.45, 7) is 9.80. The molecule has 0 saturated carbocycles. The molecule has 1 atom stereocenters. The number of morpholine rings is 1. The van der Waals surface area contributed by atoms with E-state index in [9.17, 15) is 9.90 Å². The van der Waals surface area contributed by atoms with Gasteiger partial charge in [0.25, 0.3) is 0 Å². The van der Waals surface area contributed by atoms with E-state index in [1.807, 2.05) is 27.7 Å². The summed E-state index contributed by atoms with van der Waals surface area (Å²) in [5.41, 5.74) is -0.546. The van der Waals surface area contributed by atoms with E-state index >= 15 is 0 Å². The summed E-state index contributed by atoms with van der Waals surface area (Å²) >= 11 is 0. The predicted octanol–water partition coefficient (Wildman–Crippen LogP) is 0.711. The van der Waals surface area contributed by atoms with Crippen molar-refractivity contribution in [1.82, 2.24) is 4.90 Å². The monoisotopic (exact) mass is 245 g/mol. The van der Waals surface area contributed by atoms with Crippen molar-refractivity contribution in [3.8, 4) is 0 Å². The van der Waals surface area contributed by atoms with Gasteiger partial charge in [0.05, 0.1) is 23.7 Å². The number of carboxylic acids is 1. The predicted molar refractivity (Wildman–Crippen MR) is 63.9 cm³/mol. The number of nitrogens with zero attached hydrogens (tertiary/aromatic N) is 1. The van der Waals surface area contributed by atoms with E-state index in [1.165, 1.54) is 0 Å². The smallest absolute Gasteiger partial charge is 0.306 e. The Hall–Kier alpha value is -0.650. The Bertz CT molecular complexity index is 272. The van der Waals surface area contributed by atoms with Crippen molar-refractivity contribution in [3.05, 3.63) is 0 Å². The van der Waals surface area contributed by atoms with Gasteiger partial charge in [-0.25, -0.2) is 0 Å². The zero-order valence-electron chi connectivity index (χ0n) is 11.1. The summed E-state index contributed by atoms with van der Waals surface area (Å²) in [5.74, 6) is -0.968. The minimum absolute atomic E-state index is 0.210. The maximum absolute atomic E-state index is 10.5. The van der Waals surface area contributed by atoms with E-state index in [4.69, 9.17) is 9.84 Å². The fourth-order valence-corrected chi connectivity index (χ4v) is 2.64. The lowest BCUT2D eigenvalue weighted by atomic mass is 9.98. The minimum Gasteiger partial charge on any atom is -0.481 e. The Labute approximate surface area is 102 Å². The zero-order valence-corrected chi connectivity index (χ0v) is 11.1. The number of aliphatic carboxylic acids is 1. The van der Waals surface area contributed by atoms with Crippen molar-refractivity contribution in [2.75, 3.05) is 19.6 Å². The number of carbonyl (C=O) groups is 1. The first-order valence-corrected chi connectivity index (χ1v) is 5.92. The number of aliphatic hydroxyl groups is 1. The number of hydrogen-bond acceptors (Lipinski definition) is 4. The third kappa shape index (κ3) is 5.02. The molecule has 2 N–H and O–H groups in total. The zero-order chi connectivity index (χ0) is 13.3. The lowest BCUT2D eigenvalue weighted by molar-refractivity contribution is -0.184. The largest absolute Gasteiger partial charge is 0.481 e. The Morgan fingerprint density at radius 1 is 1.29 bits per heavy atom. The molecule has 0 aromatic heterocycles. The van der Waals surface area contributed by atoms with Crippen LogP contribution in [0.25, 0.3) is 0 Å². The number of ether oxygens (including phenoxy) is 1. The molecule has 1 unspecified atom stereocenters. The van der Waals surface area contributed by atoms with Crippen LogP contribution in [0.4, 0.5) is 0 Å². The molecule has 17 heavy (non-hydrogen) atoms. The summed E-state index contributed by atoms with van der Waals surface area (Å²) in [6.07, 6.45) is -1.03. The van der Waals surface area contributed by atoms with Gasteiger partial charge in [0.2, 0.25) is 0 Å². The lowest BCUT2D eigenvalue weighted by Crippen LogP contribution is -2.58.